The molecule has 4 aliphatic heterocycles. The second-order valence-electron chi connectivity index (χ2n) is 18.8. The SMILES string of the molecule is CC[C@H]1CCC[C@H](O[C@H]2CC[C@H](N(C)C)C(C)O2)[C@@H](C)C(=O)C2=C[C@H]3[C@@H]4C[C@H](O[C@@H]5OC(C)[C@H](OC)[C@@H](OC)C5OC)C[C@H]4[C@@H]4[C@H]([C@H]3[C@@H]2CC(=O)O1)N4c1ccccc1. The zero-order valence-electron chi connectivity index (χ0n) is 36.8. The number of ether oxygens (including phenoxy) is 8. The summed E-state index contributed by atoms with van der Waals surface area (Å²) in [6.45, 7) is 8.24. The van der Waals surface area contributed by atoms with E-state index in [-0.39, 0.29) is 109 Å². The van der Waals surface area contributed by atoms with Crippen LogP contribution < -0.4 is 4.90 Å². The lowest BCUT2D eigenvalue weighted by molar-refractivity contribution is -0.314. The molecule has 8 rings (SSSR count). The molecule has 0 aromatic heterocycles. The van der Waals surface area contributed by atoms with Gasteiger partial charge in [0.15, 0.2) is 18.4 Å². The summed E-state index contributed by atoms with van der Waals surface area (Å²) in [5, 5.41) is 0. The molecule has 6 fully saturated rings. The van der Waals surface area contributed by atoms with Gasteiger partial charge in [-0.1, -0.05) is 38.1 Å². The first-order chi connectivity index (χ1) is 28.5. The van der Waals surface area contributed by atoms with Gasteiger partial charge in [0.2, 0.25) is 0 Å². The summed E-state index contributed by atoms with van der Waals surface area (Å²) in [6.07, 6.45) is 6.12. The van der Waals surface area contributed by atoms with Crippen LogP contribution in [-0.2, 0) is 47.5 Å². The molecule has 4 heterocycles. The van der Waals surface area contributed by atoms with Crippen molar-refractivity contribution in [3.05, 3.63) is 42.0 Å². The highest BCUT2D eigenvalue weighted by Gasteiger charge is 2.69. The van der Waals surface area contributed by atoms with Gasteiger partial charge in [-0.2, -0.15) is 0 Å². The Labute approximate surface area is 351 Å². The van der Waals surface area contributed by atoms with Crippen molar-refractivity contribution < 1.29 is 47.5 Å². The topological polar surface area (TPSA) is 114 Å². The van der Waals surface area contributed by atoms with Crippen molar-refractivity contribution in [1.82, 2.24) is 4.90 Å². The molecular weight excluding hydrogens is 753 g/mol. The fraction of sp³-hybridized carbons (Fsp3) is 0.787. The zero-order chi connectivity index (χ0) is 41.7. The molecule has 0 amide bonds. The Balaban J connectivity index is 1.10. The van der Waals surface area contributed by atoms with Crippen molar-refractivity contribution in [2.24, 2.45) is 35.5 Å². The van der Waals surface area contributed by atoms with E-state index in [1.165, 1.54) is 5.69 Å². The third kappa shape index (κ3) is 8.31. The van der Waals surface area contributed by atoms with Crippen LogP contribution in [0.25, 0.3) is 0 Å². The summed E-state index contributed by atoms with van der Waals surface area (Å²) >= 11 is 0. The Morgan fingerprint density at radius 2 is 1.54 bits per heavy atom. The van der Waals surface area contributed by atoms with E-state index in [0.717, 1.165) is 50.5 Å². The Bertz CT molecular complexity index is 1640. The predicted molar refractivity (Wildman–Crippen MR) is 222 cm³/mol. The molecule has 1 aromatic carbocycles. The van der Waals surface area contributed by atoms with Gasteiger partial charge >= 0.3 is 5.97 Å². The van der Waals surface area contributed by atoms with Gasteiger partial charge < -0.3 is 47.7 Å². The molecule has 3 unspecified atom stereocenters. The van der Waals surface area contributed by atoms with Gasteiger partial charge in [0.25, 0.3) is 0 Å². The van der Waals surface area contributed by atoms with Crippen LogP contribution in [0.3, 0.4) is 0 Å². The van der Waals surface area contributed by atoms with Gasteiger partial charge in [0, 0.05) is 44.9 Å². The summed E-state index contributed by atoms with van der Waals surface area (Å²) in [6, 6.07) is 11.4. The van der Waals surface area contributed by atoms with Crippen LogP contribution in [0.15, 0.2) is 42.0 Å². The maximum Gasteiger partial charge on any atom is 0.306 e. The summed E-state index contributed by atoms with van der Waals surface area (Å²) in [5.41, 5.74) is 1.98. The number of allylic oxidation sites excluding steroid dienone is 2. The summed E-state index contributed by atoms with van der Waals surface area (Å²) in [4.78, 5) is 33.9. The smallest absolute Gasteiger partial charge is 0.306 e. The molecule has 59 heavy (non-hydrogen) atoms. The standard InChI is InChI=1S/C47H70N2O10/c1-10-29-17-14-18-37(59-39-20-19-36(48(5)6)26(3)55-39)25(2)43(51)35-23-32-31-21-30(58-47-46(54-9)45(53-8)44(52-7)27(4)56-47)22-34(31)41-42(40(32)33(35)24-38(50)57-29)49(41)28-15-12-11-13-16-28/h11-13,15-16,23,25-27,29-34,36-37,39-42,44-47H,10,14,17-22,24H2,1-9H3/t25-,26?,27?,29+,30+,31+,32+,33-,34-,36+,37+,39+,40-,41-,42+,44+,45-,46?,47+,49?/m1/s1. The van der Waals surface area contributed by atoms with Crippen molar-refractivity contribution in [2.75, 3.05) is 40.3 Å². The van der Waals surface area contributed by atoms with Crippen LogP contribution in [0.1, 0.15) is 85.5 Å². The zero-order valence-corrected chi connectivity index (χ0v) is 36.8. The van der Waals surface area contributed by atoms with Crippen molar-refractivity contribution in [3.63, 3.8) is 0 Å². The minimum absolute atomic E-state index is 0.0262. The monoisotopic (exact) mass is 823 g/mol. The molecule has 0 spiro atoms. The lowest BCUT2D eigenvalue weighted by Gasteiger charge is -2.44. The number of esters is 1. The molecule has 0 N–H and O–H groups in total. The van der Waals surface area contributed by atoms with E-state index in [0.29, 0.717) is 18.4 Å². The molecule has 328 valence electrons. The molecule has 0 bridgehead atoms. The lowest BCUT2D eigenvalue weighted by atomic mass is 9.66. The van der Waals surface area contributed by atoms with Gasteiger partial charge in [0.05, 0.1) is 42.9 Å². The minimum atomic E-state index is -0.616. The molecular formula is C47H70N2O10. The first kappa shape index (κ1) is 43.2. The average Bonchev–Trinajstić information content (AvgIpc) is 3.63. The summed E-state index contributed by atoms with van der Waals surface area (Å²) < 4.78 is 50.5. The van der Waals surface area contributed by atoms with Crippen molar-refractivity contribution in [2.45, 2.75) is 165 Å². The third-order valence-corrected chi connectivity index (χ3v) is 15.5. The van der Waals surface area contributed by atoms with E-state index < -0.39 is 12.4 Å². The summed E-state index contributed by atoms with van der Waals surface area (Å²) in [7, 11) is 9.21. The van der Waals surface area contributed by atoms with Crippen LogP contribution in [0.5, 0.6) is 0 Å². The van der Waals surface area contributed by atoms with E-state index in [4.69, 9.17) is 37.9 Å². The van der Waals surface area contributed by atoms with Gasteiger partial charge in [-0.05, 0) is 121 Å². The van der Waals surface area contributed by atoms with Crippen LogP contribution in [0.2, 0.25) is 0 Å². The molecule has 7 aliphatic rings. The number of ketones is 1. The van der Waals surface area contributed by atoms with Crippen LogP contribution in [0, 0.1) is 35.5 Å². The number of hydrogen-bond donors (Lipinski definition) is 0. The summed E-state index contributed by atoms with van der Waals surface area (Å²) in [5.74, 6) is 0.0677. The number of methoxy groups -OCH3 is 3. The van der Waals surface area contributed by atoms with Crippen LogP contribution >= 0.6 is 0 Å². The average molecular weight is 823 g/mol. The number of nitrogens with zero attached hydrogens (tertiary/aromatic N) is 2. The number of carbonyl (C=O) groups excluding carboxylic acids is 2. The Morgan fingerprint density at radius 1 is 0.814 bits per heavy atom. The number of fused-ring (bicyclic) bond motifs is 8. The van der Waals surface area contributed by atoms with Crippen molar-refractivity contribution >= 4 is 17.4 Å². The maximum absolute atomic E-state index is 15.1. The highest BCUT2D eigenvalue weighted by atomic mass is 16.7. The van der Waals surface area contributed by atoms with Gasteiger partial charge in [-0.3, -0.25) is 9.59 Å². The number of rotatable bonds is 10. The largest absolute Gasteiger partial charge is 0.462 e. The van der Waals surface area contributed by atoms with Crippen molar-refractivity contribution in [1.29, 1.82) is 0 Å². The quantitative estimate of drug-likeness (QED) is 0.198. The number of carbonyl (C=O) groups is 2. The molecule has 12 heteroatoms. The number of hydrogen-bond acceptors (Lipinski definition) is 12. The van der Waals surface area contributed by atoms with Crippen LogP contribution in [-0.4, -0.2) is 132 Å². The van der Waals surface area contributed by atoms with E-state index >= 15 is 4.79 Å². The predicted octanol–water partition coefficient (Wildman–Crippen LogP) is 6.19. The second-order valence-corrected chi connectivity index (χ2v) is 18.8. The minimum Gasteiger partial charge on any atom is -0.462 e. The fourth-order valence-electron chi connectivity index (χ4n) is 12.6. The molecule has 4 saturated heterocycles. The molecule has 19 atom stereocenters. The third-order valence-electron chi connectivity index (χ3n) is 15.5. The second kappa shape index (κ2) is 18.1. The number of Topliss-reactive ketones (excluding diaryl/α,β-unsaturated/α-hetero) is 1. The highest BCUT2D eigenvalue weighted by Crippen LogP contribution is 2.65. The van der Waals surface area contributed by atoms with E-state index in [2.05, 4.69) is 74.2 Å². The first-order valence-electron chi connectivity index (χ1n) is 22.6. The fourth-order valence-corrected chi connectivity index (χ4v) is 12.6. The van der Waals surface area contributed by atoms with Gasteiger partial charge in [-0.15, -0.1) is 0 Å². The van der Waals surface area contributed by atoms with Gasteiger partial charge in [0.1, 0.15) is 24.4 Å². The maximum atomic E-state index is 15.1. The Hall–Kier alpha value is -2.42. The van der Waals surface area contributed by atoms with E-state index in [1.807, 2.05) is 13.8 Å². The number of likely N-dealkylation sites (N-methyl/N-ethyl adjacent to an activating group) is 1. The Morgan fingerprint density at radius 3 is 2.22 bits per heavy atom. The molecule has 3 aliphatic carbocycles. The molecule has 2 saturated carbocycles. The lowest BCUT2D eigenvalue weighted by Crippen LogP contribution is -2.59. The van der Waals surface area contributed by atoms with Crippen molar-refractivity contribution in [3.8, 4) is 0 Å². The van der Waals surface area contributed by atoms with Crippen LogP contribution in [0.4, 0.5) is 5.69 Å². The molecule has 0 radical (unpaired) electrons. The first-order valence-corrected chi connectivity index (χ1v) is 22.6. The number of benzene rings is 1. The van der Waals surface area contributed by atoms with E-state index in [9.17, 15) is 4.79 Å². The Kier molecular flexibility index (Phi) is 13.3. The number of cyclic esters (lactones) is 1. The molecule has 1 aromatic rings. The van der Waals surface area contributed by atoms with E-state index in [1.54, 1.807) is 21.3 Å². The van der Waals surface area contributed by atoms with Gasteiger partial charge in [-0.25, -0.2) is 0 Å². The number of anilines is 1. The highest BCUT2D eigenvalue weighted by molar-refractivity contribution is 5.99. The molecule has 12 nitrogen and oxygen atoms in total. The number of para-hydroxylation sites is 1. The normalized spacial score (nSPS) is 45.0.